The average Bonchev–Trinajstić information content (AvgIpc) is 2.35. The molecule has 7 heteroatoms. The summed E-state index contributed by atoms with van der Waals surface area (Å²) in [4.78, 5) is -0.0469. The van der Waals surface area contributed by atoms with Gasteiger partial charge in [-0.3, -0.25) is 0 Å². The molecule has 2 aromatic carbocycles. The first-order valence-electron chi connectivity index (χ1n) is 5.45. The van der Waals surface area contributed by atoms with Gasteiger partial charge in [0.15, 0.2) is 0 Å². The highest BCUT2D eigenvalue weighted by Crippen LogP contribution is 2.33. The SMILES string of the molecule is Cc1ccc(F)cc1Oc1ccc(S(=O)(=O)Cl)cc1Br. The molecular weight excluding hydrogens is 371 g/mol. The highest BCUT2D eigenvalue weighted by atomic mass is 79.9. The minimum Gasteiger partial charge on any atom is -0.456 e. The monoisotopic (exact) mass is 378 g/mol. The molecule has 0 bridgehead atoms. The van der Waals surface area contributed by atoms with E-state index >= 15 is 0 Å². The average molecular weight is 380 g/mol. The molecule has 106 valence electrons. The quantitative estimate of drug-likeness (QED) is 0.731. The van der Waals surface area contributed by atoms with E-state index in [0.29, 0.717) is 16.0 Å². The van der Waals surface area contributed by atoms with Gasteiger partial charge in [-0.2, -0.15) is 0 Å². The van der Waals surface area contributed by atoms with Crippen LogP contribution < -0.4 is 4.74 Å². The first-order valence-corrected chi connectivity index (χ1v) is 8.56. The molecule has 0 saturated carbocycles. The molecule has 0 fully saturated rings. The molecular formula is C13H9BrClFO3S. The second-order valence-electron chi connectivity index (χ2n) is 4.04. The summed E-state index contributed by atoms with van der Waals surface area (Å²) in [5, 5.41) is 0. The van der Waals surface area contributed by atoms with E-state index in [1.54, 1.807) is 13.0 Å². The highest BCUT2D eigenvalue weighted by Gasteiger charge is 2.13. The summed E-state index contributed by atoms with van der Waals surface area (Å²) >= 11 is 3.20. The third kappa shape index (κ3) is 3.50. The van der Waals surface area contributed by atoms with Crippen molar-refractivity contribution in [3.63, 3.8) is 0 Å². The Morgan fingerprint density at radius 2 is 1.85 bits per heavy atom. The fourth-order valence-electron chi connectivity index (χ4n) is 1.52. The first-order chi connectivity index (χ1) is 9.27. The van der Waals surface area contributed by atoms with E-state index in [4.69, 9.17) is 15.4 Å². The predicted octanol–water partition coefficient (Wildman–Crippen LogP) is 4.62. The van der Waals surface area contributed by atoms with Gasteiger partial charge in [-0.05, 0) is 52.7 Å². The molecule has 0 unspecified atom stereocenters. The van der Waals surface area contributed by atoms with Gasteiger partial charge in [0, 0.05) is 16.7 Å². The molecule has 0 N–H and O–H groups in total. The Balaban J connectivity index is 2.38. The molecule has 20 heavy (non-hydrogen) atoms. The van der Waals surface area contributed by atoms with Gasteiger partial charge in [-0.25, -0.2) is 12.8 Å². The largest absolute Gasteiger partial charge is 0.456 e. The molecule has 2 rings (SSSR count). The van der Waals surface area contributed by atoms with Crippen molar-refractivity contribution in [2.24, 2.45) is 0 Å². The minimum absolute atomic E-state index is 0.0469. The van der Waals surface area contributed by atoms with E-state index < -0.39 is 14.9 Å². The van der Waals surface area contributed by atoms with Gasteiger partial charge < -0.3 is 4.74 Å². The summed E-state index contributed by atoms with van der Waals surface area (Å²) in [5.74, 6) is 0.302. The maximum Gasteiger partial charge on any atom is 0.261 e. The molecule has 2 aromatic rings. The second-order valence-corrected chi connectivity index (χ2v) is 7.46. The fourth-order valence-corrected chi connectivity index (χ4v) is 2.91. The van der Waals surface area contributed by atoms with Crippen LogP contribution in [0.3, 0.4) is 0 Å². The molecule has 0 heterocycles. The molecule has 0 aliphatic carbocycles. The van der Waals surface area contributed by atoms with Crippen molar-refractivity contribution in [1.29, 1.82) is 0 Å². The summed E-state index contributed by atoms with van der Waals surface area (Å²) in [6, 6.07) is 8.28. The van der Waals surface area contributed by atoms with Crippen molar-refractivity contribution in [2.45, 2.75) is 11.8 Å². The van der Waals surface area contributed by atoms with E-state index in [1.165, 1.54) is 30.3 Å². The lowest BCUT2D eigenvalue weighted by atomic mass is 10.2. The van der Waals surface area contributed by atoms with Crippen molar-refractivity contribution in [1.82, 2.24) is 0 Å². The van der Waals surface area contributed by atoms with E-state index in [-0.39, 0.29) is 4.90 Å². The van der Waals surface area contributed by atoms with Gasteiger partial charge >= 0.3 is 0 Å². The number of hydrogen-bond acceptors (Lipinski definition) is 3. The lowest BCUT2D eigenvalue weighted by molar-refractivity contribution is 0.469. The number of rotatable bonds is 3. The van der Waals surface area contributed by atoms with Crippen molar-refractivity contribution < 1.29 is 17.5 Å². The Labute approximate surface area is 128 Å². The van der Waals surface area contributed by atoms with Crippen LogP contribution in [0, 0.1) is 12.7 Å². The van der Waals surface area contributed by atoms with Crippen LogP contribution in [0.4, 0.5) is 4.39 Å². The predicted molar refractivity (Wildman–Crippen MR) is 78.4 cm³/mol. The maximum atomic E-state index is 13.2. The van der Waals surface area contributed by atoms with E-state index in [9.17, 15) is 12.8 Å². The van der Waals surface area contributed by atoms with Crippen LogP contribution in [0.5, 0.6) is 11.5 Å². The van der Waals surface area contributed by atoms with Crippen LogP contribution in [0.2, 0.25) is 0 Å². The second kappa shape index (κ2) is 5.71. The van der Waals surface area contributed by atoms with Crippen molar-refractivity contribution in [3.8, 4) is 11.5 Å². The molecule has 0 aliphatic rings. The topological polar surface area (TPSA) is 43.4 Å². The van der Waals surface area contributed by atoms with E-state index in [1.807, 2.05) is 0 Å². The van der Waals surface area contributed by atoms with Crippen LogP contribution in [0.25, 0.3) is 0 Å². The Hall–Kier alpha value is -1.11. The van der Waals surface area contributed by atoms with Gasteiger partial charge in [0.05, 0.1) is 9.37 Å². The highest BCUT2D eigenvalue weighted by molar-refractivity contribution is 9.10. The number of halogens is 3. The lowest BCUT2D eigenvalue weighted by Crippen LogP contribution is -1.93. The van der Waals surface area contributed by atoms with Crippen LogP contribution in [-0.2, 0) is 9.05 Å². The van der Waals surface area contributed by atoms with E-state index in [2.05, 4.69) is 15.9 Å². The Bertz CT molecular complexity index is 762. The van der Waals surface area contributed by atoms with Gasteiger partial charge in [0.1, 0.15) is 17.3 Å². The zero-order valence-electron chi connectivity index (χ0n) is 10.2. The van der Waals surface area contributed by atoms with Crippen molar-refractivity contribution in [3.05, 3.63) is 52.3 Å². The number of benzene rings is 2. The number of hydrogen-bond donors (Lipinski definition) is 0. The zero-order chi connectivity index (χ0) is 14.9. The van der Waals surface area contributed by atoms with Crippen LogP contribution in [0.15, 0.2) is 45.8 Å². The summed E-state index contributed by atoms with van der Waals surface area (Å²) < 4.78 is 41.6. The van der Waals surface area contributed by atoms with Crippen molar-refractivity contribution >= 4 is 35.7 Å². The minimum atomic E-state index is -3.80. The first kappa shape index (κ1) is 15.3. The van der Waals surface area contributed by atoms with Crippen LogP contribution >= 0.6 is 26.6 Å². The molecule has 0 aromatic heterocycles. The third-order valence-electron chi connectivity index (χ3n) is 2.55. The smallest absolute Gasteiger partial charge is 0.261 e. The molecule has 3 nitrogen and oxygen atoms in total. The molecule has 0 radical (unpaired) electrons. The van der Waals surface area contributed by atoms with Gasteiger partial charge in [-0.15, -0.1) is 0 Å². The van der Waals surface area contributed by atoms with Crippen LogP contribution in [0.1, 0.15) is 5.56 Å². The molecule has 0 amide bonds. The lowest BCUT2D eigenvalue weighted by Gasteiger charge is -2.11. The van der Waals surface area contributed by atoms with Gasteiger partial charge in [0.25, 0.3) is 9.05 Å². The van der Waals surface area contributed by atoms with Crippen LogP contribution in [-0.4, -0.2) is 8.42 Å². The Kier molecular flexibility index (Phi) is 4.36. The molecule has 0 aliphatic heterocycles. The zero-order valence-corrected chi connectivity index (χ0v) is 13.4. The maximum absolute atomic E-state index is 13.2. The van der Waals surface area contributed by atoms with Gasteiger partial charge in [-0.1, -0.05) is 6.07 Å². The number of ether oxygens (including phenoxy) is 1. The van der Waals surface area contributed by atoms with Crippen molar-refractivity contribution in [2.75, 3.05) is 0 Å². The molecule has 0 spiro atoms. The third-order valence-corrected chi connectivity index (χ3v) is 4.53. The molecule has 0 atom stereocenters. The normalized spacial score (nSPS) is 11.4. The number of aryl methyl sites for hydroxylation is 1. The summed E-state index contributed by atoms with van der Waals surface area (Å²) in [5.41, 5.74) is 0.757. The fraction of sp³-hybridized carbons (Fsp3) is 0.0769. The summed E-state index contributed by atoms with van der Waals surface area (Å²) in [7, 11) is 1.45. The van der Waals surface area contributed by atoms with Gasteiger partial charge in [0.2, 0.25) is 0 Å². The summed E-state index contributed by atoms with van der Waals surface area (Å²) in [6.45, 7) is 1.78. The Morgan fingerprint density at radius 1 is 1.15 bits per heavy atom. The standard InChI is InChI=1S/C13H9BrClFO3S/c1-8-2-3-9(16)6-13(8)19-12-5-4-10(7-11(12)14)20(15,17)18/h2-7H,1H3. The van der Waals surface area contributed by atoms with E-state index in [0.717, 1.165) is 5.56 Å². The Morgan fingerprint density at radius 3 is 2.45 bits per heavy atom. The summed E-state index contributed by atoms with van der Waals surface area (Å²) in [6.07, 6.45) is 0. The molecule has 0 saturated heterocycles.